The lowest BCUT2D eigenvalue weighted by Gasteiger charge is -2.05. The number of nitrogens with one attached hydrogen (secondary N) is 1. The van der Waals surface area contributed by atoms with Crippen LogP contribution in [0.3, 0.4) is 0 Å². The Morgan fingerprint density at radius 3 is 2.62 bits per heavy atom. The van der Waals surface area contributed by atoms with E-state index in [1.807, 2.05) is 13.0 Å². The van der Waals surface area contributed by atoms with Gasteiger partial charge in [-0.2, -0.15) is 0 Å². The van der Waals surface area contributed by atoms with Crippen LogP contribution in [0.15, 0.2) is 42.5 Å². The summed E-state index contributed by atoms with van der Waals surface area (Å²) in [6.07, 6.45) is 3.04. The van der Waals surface area contributed by atoms with Crippen molar-refractivity contribution < 1.29 is 4.79 Å². The molecule has 0 aliphatic heterocycles. The van der Waals surface area contributed by atoms with E-state index in [0.29, 0.717) is 21.4 Å². The first-order chi connectivity index (χ1) is 9.95. The topological polar surface area (TPSA) is 55.1 Å². The number of aryl methyl sites for hydroxylation is 1. The van der Waals surface area contributed by atoms with Gasteiger partial charge in [-0.1, -0.05) is 35.3 Å². The lowest BCUT2D eigenvalue weighted by Crippen LogP contribution is -2.08. The van der Waals surface area contributed by atoms with Crippen LogP contribution in [0, 0.1) is 6.92 Å². The molecule has 21 heavy (non-hydrogen) atoms. The van der Waals surface area contributed by atoms with Crippen molar-refractivity contribution >= 4 is 46.6 Å². The summed E-state index contributed by atoms with van der Waals surface area (Å²) in [6, 6.07) is 10.5. The van der Waals surface area contributed by atoms with E-state index in [4.69, 9.17) is 28.9 Å². The summed E-state index contributed by atoms with van der Waals surface area (Å²) in [6.45, 7) is 1.91. The van der Waals surface area contributed by atoms with E-state index in [1.54, 1.807) is 36.4 Å². The monoisotopic (exact) mass is 320 g/mol. The molecule has 5 heteroatoms. The zero-order valence-electron chi connectivity index (χ0n) is 11.4. The lowest BCUT2D eigenvalue weighted by molar-refractivity contribution is -0.111. The highest BCUT2D eigenvalue weighted by Crippen LogP contribution is 2.22. The molecule has 0 spiro atoms. The third-order valence-corrected chi connectivity index (χ3v) is 3.49. The second-order valence-electron chi connectivity index (χ2n) is 4.56. The van der Waals surface area contributed by atoms with Crippen LogP contribution in [-0.2, 0) is 4.79 Å². The third-order valence-electron chi connectivity index (χ3n) is 2.92. The minimum Gasteiger partial charge on any atom is -0.398 e. The number of hydrogen-bond donors (Lipinski definition) is 2. The van der Waals surface area contributed by atoms with Crippen molar-refractivity contribution in [3.05, 3.63) is 63.6 Å². The molecule has 0 saturated carbocycles. The van der Waals surface area contributed by atoms with Crippen molar-refractivity contribution in [2.75, 3.05) is 11.1 Å². The largest absolute Gasteiger partial charge is 0.398 e. The van der Waals surface area contributed by atoms with Crippen molar-refractivity contribution in [2.24, 2.45) is 0 Å². The van der Waals surface area contributed by atoms with Crippen molar-refractivity contribution in [1.29, 1.82) is 0 Å². The maximum atomic E-state index is 11.9. The number of nitrogen functional groups attached to an aromatic ring is 1. The first-order valence-electron chi connectivity index (χ1n) is 6.26. The number of benzene rings is 2. The molecule has 108 valence electrons. The standard InChI is InChI=1S/C16H14Cl2N2O/c1-10-2-6-13(9-15(10)19)20-16(21)7-4-11-3-5-12(17)8-14(11)18/h2-9H,19H2,1H3,(H,20,21)/b7-4+. The van der Waals surface area contributed by atoms with Crippen LogP contribution in [0.25, 0.3) is 6.08 Å². The summed E-state index contributed by atoms with van der Waals surface area (Å²) >= 11 is 11.8. The van der Waals surface area contributed by atoms with E-state index in [1.165, 1.54) is 6.08 Å². The molecule has 0 fully saturated rings. The lowest BCUT2D eigenvalue weighted by atomic mass is 10.2. The fourth-order valence-electron chi connectivity index (χ4n) is 1.70. The maximum absolute atomic E-state index is 11.9. The predicted molar refractivity (Wildman–Crippen MR) is 89.7 cm³/mol. The van der Waals surface area contributed by atoms with Gasteiger partial charge in [-0.15, -0.1) is 0 Å². The van der Waals surface area contributed by atoms with E-state index in [-0.39, 0.29) is 5.91 Å². The first-order valence-corrected chi connectivity index (χ1v) is 7.01. The molecule has 0 radical (unpaired) electrons. The molecule has 0 saturated heterocycles. The van der Waals surface area contributed by atoms with E-state index >= 15 is 0 Å². The van der Waals surface area contributed by atoms with Crippen molar-refractivity contribution in [3.63, 3.8) is 0 Å². The van der Waals surface area contributed by atoms with Crippen LogP contribution in [0.4, 0.5) is 11.4 Å². The van der Waals surface area contributed by atoms with Gasteiger partial charge in [-0.25, -0.2) is 0 Å². The highest BCUT2D eigenvalue weighted by atomic mass is 35.5. The molecule has 0 bridgehead atoms. The number of nitrogens with two attached hydrogens (primary N) is 1. The second-order valence-corrected chi connectivity index (χ2v) is 5.40. The summed E-state index contributed by atoms with van der Waals surface area (Å²) in [5.74, 6) is -0.260. The maximum Gasteiger partial charge on any atom is 0.248 e. The number of halogens is 2. The molecule has 2 aromatic rings. The van der Waals surface area contributed by atoms with Gasteiger partial charge in [-0.05, 0) is 48.4 Å². The smallest absolute Gasteiger partial charge is 0.248 e. The Hall–Kier alpha value is -1.97. The zero-order valence-corrected chi connectivity index (χ0v) is 12.9. The van der Waals surface area contributed by atoms with Crippen molar-refractivity contribution in [3.8, 4) is 0 Å². The van der Waals surface area contributed by atoms with E-state index in [9.17, 15) is 4.79 Å². The van der Waals surface area contributed by atoms with Crippen LogP contribution in [0.5, 0.6) is 0 Å². The summed E-state index contributed by atoms with van der Waals surface area (Å²) in [7, 11) is 0. The van der Waals surface area contributed by atoms with Gasteiger partial charge in [0.05, 0.1) is 0 Å². The average molecular weight is 321 g/mol. The Kier molecular flexibility index (Phi) is 4.89. The number of carbonyl (C=O) groups excluding carboxylic acids is 1. The summed E-state index contributed by atoms with van der Waals surface area (Å²) in [5.41, 5.74) is 8.77. The Morgan fingerprint density at radius 2 is 1.95 bits per heavy atom. The number of anilines is 2. The molecule has 0 unspecified atom stereocenters. The molecule has 0 aliphatic rings. The minimum atomic E-state index is -0.260. The van der Waals surface area contributed by atoms with E-state index < -0.39 is 0 Å². The quantitative estimate of drug-likeness (QED) is 0.644. The normalized spacial score (nSPS) is 10.8. The van der Waals surface area contributed by atoms with Gasteiger partial charge >= 0.3 is 0 Å². The van der Waals surface area contributed by atoms with Gasteiger partial charge in [0.15, 0.2) is 0 Å². The van der Waals surface area contributed by atoms with Crippen LogP contribution < -0.4 is 11.1 Å². The number of hydrogen-bond acceptors (Lipinski definition) is 2. The molecule has 0 atom stereocenters. The summed E-state index contributed by atoms with van der Waals surface area (Å²) < 4.78 is 0. The Morgan fingerprint density at radius 1 is 1.19 bits per heavy atom. The Balaban J connectivity index is 2.07. The molecule has 0 heterocycles. The Bertz CT molecular complexity index is 711. The molecule has 1 amide bonds. The van der Waals surface area contributed by atoms with Crippen LogP contribution in [-0.4, -0.2) is 5.91 Å². The molecule has 3 N–H and O–H groups in total. The van der Waals surface area contributed by atoms with Crippen LogP contribution in [0.1, 0.15) is 11.1 Å². The van der Waals surface area contributed by atoms with Gasteiger partial charge in [0.1, 0.15) is 0 Å². The summed E-state index contributed by atoms with van der Waals surface area (Å²) in [4.78, 5) is 11.9. The van der Waals surface area contributed by atoms with E-state index in [0.717, 1.165) is 11.1 Å². The Labute approximate surface area is 133 Å². The van der Waals surface area contributed by atoms with Gasteiger partial charge in [0, 0.05) is 27.5 Å². The van der Waals surface area contributed by atoms with Gasteiger partial charge in [0.2, 0.25) is 5.91 Å². The molecule has 2 aromatic carbocycles. The molecule has 3 nitrogen and oxygen atoms in total. The van der Waals surface area contributed by atoms with Crippen LogP contribution in [0.2, 0.25) is 10.0 Å². The fourth-order valence-corrected chi connectivity index (χ4v) is 2.18. The number of carbonyl (C=O) groups is 1. The SMILES string of the molecule is Cc1ccc(NC(=O)/C=C/c2ccc(Cl)cc2Cl)cc1N. The first kappa shape index (κ1) is 15.4. The average Bonchev–Trinajstić information content (AvgIpc) is 2.42. The minimum absolute atomic E-state index is 0.260. The van der Waals surface area contributed by atoms with Gasteiger partial charge < -0.3 is 11.1 Å². The molecular weight excluding hydrogens is 307 g/mol. The zero-order chi connectivity index (χ0) is 15.4. The number of rotatable bonds is 3. The summed E-state index contributed by atoms with van der Waals surface area (Å²) in [5, 5.41) is 3.78. The highest BCUT2D eigenvalue weighted by molar-refractivity contribution is 6.35. The molecule has 0 aromatic heterocycles. The van der Waals surface area contributed by atoms with Gasteiger partial charge in [0.25, 0.3) is 0 Å². The van der Waals surface area contributed by atoms with Crippen molar-refractivity contribution in [1.82, 2.24) is 0 Å². The predicted octanol–water partition coefficient (Wildman–Crippen LogP) is 4.54. The van der Waals surface area contributed by atoms with E-state index in [2.05, 4.69) is 5.32 Å². The third kappa shape index (κ3) is 4.25. The molecule has 2 rings (SSSR count). The number of amides is 1. The van der Waals surface area contributed by atoms with Crippen molar-refractivity contribution in [2.45, 2.75) is 6.92 Å². The van der Waals surface area contributed by atoms with Gasteiger partial charge in [-0.3, -0.25) is 4.79 Å². The highest BCUT2D eigenvalue weighted by Gasteiger charge is 2.02. The molecular formula is C16H14Cl2N2O. The fraction of sp³-hybridized carbons (Fsp3) is 0.0625. The second kappa shape index (κ2) is 6.66. The van der Waals surface area contributed by atoms with Crippen LogP contribution >= 0.6 is 23.2 Å². The molecule has 0 aliphatic carbocycles.